The fourth-order valence-electron chi connectivity index (χ4n) is 3.89. The summed E-state index contributed by atoms with van der Waals surface area (Å²) in [5, 5.41) is 0. The number of hydrogen-bond donors (Lipinski definition) is 0. The Morgan fingerprint density at radius 1 is 0.967 bits per heavy atom. The number of carbonyl (C=O) groups is 3. The highest BCUT2D eigenvalue weighted by Gasteiger charge is 2.27. The van der Waals surface area contributed by atoms with E-state index >= 15 is 0 Å². The number of para-hydroxylation sites is 2. The van der Waals surface area contributed by atoms with Crippen molar-refractivity contribution in [3.8, 4) is 5.75 Å². The molecule has 7 nitrogen and oxygen atoms in total. The lowest BCUT2D eigenvalue weighted by Crippen LogP contribution is -2.49. The zero-order chi connectivity index (χ0) is 21.1. The van der Waals surface area contributed by atoms with Gasteiger partial charge in [0.15, 0.2) is 12.4 Å². The van der Waals surface area contributed by atoms with E-state index in [4.69, 9.17) is 4.74 Å². The molecule has 0 radical (unpaired) electrons. The van der Waals surface area contributed by atoms with Gasteiger partial charge in [-0.25, -0.2) is 0 Å². The third-order valence-corrected chi connectivity index (χ3v) is 5.63. The van der Waals surface area contributed by atoms with Crippen LogP contribution < -0.4 is 14.5 Å². The summed E-state index contributed by atoms with van der Waals surface area (Å²) >= 11 is 0. The Balaban J connectivity index is 1.31. The average molecular weight is 407 g/mol. The second-order valence-electron chi connectivity index (χ2n) is 7.52. The predicted molar refractivity (Wildman–Crippen MR) is 114 cm³/mol. The van der Waals surface area contributed by atoms with Crippen molar-refractivity contribution in [2.45, 2.75) is 13.3 Å². The Bertz CT molecular complexity index is 949. The van der Waals surface area contributed by atoms with Gasteiger partial charge in [0, 0.05) is 50.4 Å². The van der Waals surface area contributed by atoms with Crippen molar-refractivity contribution >= 4 is 29.0 Å². The maximum atomic E-state index is 12.7. The number of piperazine rings is 1. The largest absolute Gasteiger partial charge is 0.482 e. The molecule has 0 aliphatic carbocycles. The van der Waals surface area contributed by atoms with Gasteiger partial charge >= 0.3 is 0 Å². The molecule has 1 saturated heterocycles. The maximum Gasteiger partial charge on any atom is 0.265 e. The Labute approximate surface area is 175 Å². The van der Waals surface area contributed by atoms with Gasteiger partial charge in [0.2, 0.25) is 5.91 Å². The van der Waals surface area contributed by atoms with E-state index < -0.39 is 0 Å². The van der Waals surface area contributed by atoms with Crippen LogP contribution in [0, 0.1) is 0 Å². The molecule has 0 bridgehead atoms. The van der Waals surface area contributed by atoms with E-state index in [2.05, 4.69) is 4.90 Å². The van der Waals surface area contributed by atoms with Gasteiger partial charge < -0.3 is 19.4 Å². The molecule has 0 aromatic heterocycles. The minimum Gasteiger partial charge on any atom is -0.482 e. The molecule has 7 heteroatoms. The standard InChI is InChI=1S/C23H25N3O4/c1-17(27)18-6-8-19(9-7-18)24-12-14-25(15-13-24)22(28)10-11-26-20-4-2-3-5-21(20)30-16-23(26)29/h2-9H,10-16H2,1H3. The first-order valence-corrected chi connectivity index (χ1v) is 10.2. The van der Waals surface area contributed by atoms with Crippen molar-refractivity contribution in [1.82, 2.24) is 4.90 Å². The van der Waals surface area contributed by atoms with E-state index in [9.17, 15) is 14.4 Å². The molecule has 0 spiro atoms. The van der Waals surface area contributed by atoms with Crippen molar-refractivity contribution in [3.05, 3.63) is 54.1 Å². The molecule has 156 valence electrons. The highest BCUT2D eigenvalue weighted by atomic mass is 16.5. The Morgan fingerprint density at radius 2 is 1.67 bits per heavy atom. The molecular weight excluding hydrogens is 382 g/mol. The van der Waals surface area contributed by atoms with Crippen LogP contribution >= 0.6 is 0 Å². The third-order valence-electron chi connectivity index (χ3n) is 5.63. The Hall–Kier alpha value is -3.35. The summed E-state index contributed by atoms with van der Waals surface area (Å²) in [4.78, 5) is 42.1. The smallest absolute Gasteiger partial charge is 0.265 e. The van der Waals surface area contributed by atoms with Crippen molar-refractivity contribution in [1.29, 1.82) is 0 Å². The van der Waals surface area contributed by atoms with E-state index in [1.54, 1.807) is 11.8 Å². The number of carbonyl (C=O) groups excluding carboxylic acids is 3. The van der Waals surface area contributed by atoms with Crippen LogP contribution in [0.25, 0.3) is 0 Å². The van der Waals surface area contributed by atoms with Gasteiger partial charge in [-0.2, -0.15) is 0 Å². The van der Waals surface area contributed by atoms with Crippen LogP contribution in [0.4, 0.5) is 11.4 Å². The summed E-state index contributed by atoms with van der Waals surface area (Å²) in [6, 6.07) is 15.0. The lowest BCUT2D eigenvalue weighted by atomic mass is 10.1. The molecule has 2 heterocycles. The summed E-state index contributed by atoms with van der Waals surface area (Å²) in [7, 11) is 0. The number of ketones is 1. The quantitative estimate of drug-likeness (QED) is 0.712. The van der Waals surface area contributed by atoms with Gasteiger partial charge in [0.05, 0.1) is 5.69 Å². The number of rotatable bonds is 5. The minimum absolute atomic E-state index is 0.00625. The first-order chi connectivity index (χ1) is 14.5. The van der Waals surface area contributed by atoms with Crippen LogP contribution in [-0.2, 0) is 9.59 Å². The zero-order valence-electron chi connectivity index (χ0n) is 17.0. The molecule has 30 heavy (non-hydrogen) atoms. The number of benzene rings is 2. The first-order valence-electron chi connectivity index (χ1n) is 10.2. The zero-order valence-corrected chi connectivity index (χ0v) is 17.0. The normalized spacial score (nSPS) is 16.2. The predicted octanol–water partition coefficient (Wildman–Crippen LogP) is 2.35. The summed E-state index contributed by atoms with van der Waals surface area (Å²) in [5.74, 6) is 0.658. The number of anilines is 2. The first kappa shape index (κ1) is 19.9. The maximum absolute atomic E-state index is 12.7. The fourth-order valence-corrected chi connectivity index (χ4v) is 3.89. The molecule has 2 aromatic carbocycles. The number of Topliss-reactive ketones (excluding diaryl/α,β-unsaturated/α-hetero) is 1. The monoisotopic (exact) mass is 407 g/mol. The number of fused-ring (bicyclic) bond motifs is 1. The van der Waals surface area contributed by atoms with Crippen molar-refractivity contribution in [2.24, 2.45) is 0 Å². The van der Waals surface area contributed by atoms with E-state index in [-0.39, 0.29) is 30.6 Å². The average Bonchev–Trinajstić information content (AvgIpc) is 2.78. The summed E-state index contributed by atoms with van der Waals surface area (Å²) in [6.07, 6.45) is 0.285. The molecule has 4 rings (SSSR count). The SMILES string of the molecule is CC(=O)c1ccc(N2CCN(C(=O)CCN3C(=O)COc4ccccc43)CC2)cc1. The van der Waals surface area contributed by atoms with E-state index in [0.717, 1.165) is 24.5 Å². The van der Waals surface area contributed by atoms with Gasteiger partial charge in [-0.05, 0) is 43.3 Å². The van der Waals surface area contributed by atoms with E-state index in [1.807, 2.05) is 53.4 Å². The van der Waals surface area contributed by atoms with Crippen molar-refractivity contribution in [3.63, 3.8) is 0 Å². The summed E-state index contributed by atoms with van der Waals surface area (Å²) < 4.78 is 5.45. The number of ether oxygens (including phenoxy) is 1. The molecule has 0 N–H and O–H groups in total. The Kier molecular flexibility index (Phi) is 5.70. The van der Waals surface area contributed by atoms with Crippen LogP contribution in [0.2, 0.25) is 0 Å². The molecule has 2 amide bonds. The van der Waals surface area contributed by atoms with E-state index in [1.165, 1.54) is 0 Å². The van der Waals surface area contributed by atoms with Gasteiger partial charge in [-0.15, -0.1) is 0 Å². The number of amides is 2. The lowest BCUT2D eigenvalue weighted by Gasteiger charge is -2.36. The summed E-state index contributed by atoms with van der Waals surface area (Å²) in [5.41, 5.74) is 2.48. The molecule has 2 aliphatic rings. The van der Waals surface area contributed by atoms with Gasteiger partial charge in [-0.3, -0.25) is 14.4 Å². The Morgan fingerprint density at radius 3 is 2.37 bits per heavy atom. The highest BCUT2D eigenvalue weighted by Crippen LogP contribution is 2.31. The van der Waals surface area contributed by atoms with E-state index in [0.29, 0.717) is 30.9 Å². The molecule has 2 aliphatic heterocycles. The van der Waals surface area contributed by atoms with Gasteiger partial charge in [0.25, 0.3) is 5.91 Å². The van der Waals surface area contributed by atoms with Crippen molar-refractivity contribution < 1.29 is 19.1 Å². The van der Waals surface area contributed by atoms with Crippen LogP contribution in [0.5, 0.6) is 5.75 Å². The molecule has 2 aromatic rings. The second-order valence-corrected chi connectivity index (χ2v) is 7.52. The topological polar surface area (TPSA) is 70.2 Å². The minimum atomic E-state index is -0.125. The van der Waals surface area contributed by atoms with Crippen molar-refractivity contribution in [2.75, 3.05) is 49.1 Å². The number of nitrogens with zero attached hydrogens (tertiary/aromatic N) is 3. The summed E-state index contributed by atoms with van der Waals surface area (Å²) in [6.45, 7) is 4.68. The fraction of sp³-hybridized carbons (Fsp3) is 0.348. The van der Waals surface area contributed by atoms with Crippen LogP contribution in [-0.4, -0.2) is 61.8 Å². The van der Waals surface area contributed by atoms with Crippen LogP contribution in [0.1, 0.15) is 23.7 Å². The highest BCUT2D eigenvalue weighted by molar-refractivity contribution is 5.98. The molecular formula is C23H25N3O4. The molecule has 0 atom stereocenters. The molecule has 1 fully saturated rings. The van der Waals surface area contributed by atoms with Crippen LogP contribution in [0.3, 0.4) is 0 Å². The lowest BCUT2D eigenvalue weighted by molar-refractivity contribution is -0.131. The van der Waals surface area contributed by atoms with Crippen LogP contribution in [0.15, 0.2) is 48.5 Å². The van der Waals surface area contributed by atoms with Gasteiger partial charge in [-0.1, -0.05) is 12.1 Å². The molecule has 0 saturated carbocycles. The van der Waals surface area contributed by atoms with Gasteiger partial charge in [0.1, 0.15) is 5.75 Å². The third kappa shape index (κ3) is 4.15. The molecule has 0 unspecified atom stereocenters. The number of hydrogen-bond acceptors (Lipinski definition) is 5. The second kappa shape index (κ2) is 8.57.